The summed E-state index contributed by atoms with van der Waals surface area (Å²) in [7, 11) is -3.77. The lowest BCUT2D eigenvalue weighted by Crippen LogP contribution is -2.25. The van der Waals surface area contributed by atoms with E-state index < -0.39 is 22.0 Å². The molecule has 5 nitrogen and oxygen atoms in total. The highest BCUT2D eigenvalue weighted by Gasteiger charge is 2.36. The van der Waals surface area contributed by atoms with Crippen molar-refractivity contribution in [2.75, 3.05) is 6.54 Å². The van der Waals surface area contributed by atoms with E-state index in [1.165, 1.54) is 17.4 Å². The normalized spacial score (nSPS) is 12.6. The summed E-state index contributed by atoms with van der Waals surface area (Å²) < 4.78 is 69.6. The molecule has 0 fully saturated rings. The Hall–Kier alpha value is -1.69. The van der Waals surface area contributed by atoms with Crippen molar-refractivity contribution in [2.45, 2.75) is 24.4 Å². The van der Waals surface area contributed by atoms with Crippen LogP contribution < -0.4 is 4.72 Å². The molecule has 3 aromatic heterocycles. The first-order valence-corrected chi connectivity index (χ1v) is 10.5. The third kappa shape index (κ3) is 4.17. The van der Waals surface area contributed by atoms with Crippen LogP contribution in [0.3, 0.4) is 0 Å². The van der Waals surface area contributed by atoms with Crippen molar-refractivity contribution in [3.63, 3.8) is 0 Å². The zero-order chi connectivity index (χ0) is 18.9. The molecule has 0 radical (unpaired) electrons. The molecule has 3 rings (SSSR count). The van der Waals surface area contributed by atoms with Crippen molar-refractivity contribution in [1.82, 2.24) is 9.88 Å². The van der Waals surface area contributed by atoms with Crippen LogP contribution in [0.25, 0.3) is 10.6 Å². The van der Waals surface area contributed by atoms with Crippen molar-refractivity contribution in [2.24, 2.45) is 0 Å². The molecule has 3 aromatic rings. The second-order valence-corrected chi connectivity index (χ2v) is 9.36. The van der Waals surface area contributed by atoms with Crippen LogP contribution in [0.1, 0.15) is 15.5 Å². The molecule has 0 aromatic carbocycles. The lowest BCUT2D eigenvalue weighted by Gasteiger charge is -2.05. The maximum absolute atomic E-state index is 12.6. The fourth-order valence-corrected chi connectivity index (χ4v) is 5.51. The molecule has 26 heavy (non-hydrogen) atoms. The molecule has 0 unspecified atom stereocenters. The SMILES string of the molecule is Cc1sc(-c2cc(C(F)(F)F)on2)cc1S(=O)(=O)NCCc1cccs1. The van der Waals surface area contributed by atoms with Gasteiger partial charge in [0.1, 0.15) is 5.69 Å². The topological polar surface area (TPSA) is 72.2 Å². The Morgan fingerprint density at radius 1 is 1.31 bits per heavy atom. The highest BCUT2D eigenvalue weighted by molar-refractivity contribution is 7.89. The minimum Gasteiger partial charge on any atom is -0.351 e. The lowest BCUT2D eigenvalue weighted by molar-refractivity contribution is -0.155. The van der Waals surface area contributed by atoms with Gasteiger partial charge in [-0.15, -0.1) is 22.7 Å². The van der Waals surface area contributed by atoms with Crippen LogP contribution in [0, 0.1) is 6.92 Å². The van der Waals surface area contributed by atoms with Crippen LogP contribution in [-0.4, -0.2) is 20.1 Å². The number of aromatic nitrogens is 1. The number of sulfonamides is 1. The standard InChI is InChI=1S/C15H13F3N2O3S3/c1-9-13(26(21,22)19-5-4-10-3-2-6-24-10)8-12(25-9)11-7-14(23-20-11)15(16,17)18/h2-3,6-8,19H,4-5H2,1H3. The molecule has 0 spiro atoms. The fourth-order valence-electron chi connectivity index (χ4n) is 2.22. The molecule has 0 bridgehead atoms. The van der Waals surface area contributed by atoms with Crippen LogP contribution in [0.5, 0.6) is 0 Å². The molecule has 0 saturated carbocycles. The third-order valence-corrected chi connectivity index (χ3v) is 7.17. The third-order valence-electron chi connectivity index (χ3n) is 3.45. The van der Waals surface area contributed by atoms with Gasteiger partial charge in [-0.2, -0.15) is 13.2 Å². The number of hydrogen-bond acceptors (Lipinski definition) is 6. The quantitative estimate of drug-likeness (QED) is 0.642. The molecule has 0 aliphatic rings. The van der Waals surface area contributed by atoms with E-state index in [1.54, 1.807) is 6.92 Å². The molecule has 0 amide bonds. The highest BCUT2D eigenvalue weighted by atomic mass is 32.2. The summed E-state index contributed by atoms with van der Waals surface area (Å²) in [6.45, 7) is 1.82. The molecule has 3 heterocycles. The Morgan fingerprint density at radius 3 is 2.69 bits per heavy atom. The Kier molecular flexibility index (Phi) is 5.24. The summed E-state index contributed by atoms with van der Waals surface area (Å²) in [6.07, 6.45) is -4.08. The van der Waals surface area contributed by atoms with E-state index in [0.29, 0.717) is 16.2 Å². The molecule has 1 N–H and O–H groups in total. The fraction of sp³-hybridized carbons (Fsp3) is 0.267. The molecule has 11 heteroatoms. The molecular formula is C15H13F3N2O3S3. The summed E-state index contributed by atoms with van der Waals surface area (Å²) in [6, 6.07) is 5.87. The Balaban J connectivity index is 1.77. The first-order chi connectivity index (χ1) is 12.2. The van der Waals surface area contributed by atoms with Crippen LogP contribution in [0.4, 0.5) is 13.2 Å². The predicted molar refractivity (Wildman–Crippen MR) is 92.8 cm³/mol. The number of nitrogens with zero attached hydrogens (tertiary/aromatic N) is 1. The second-order valence-electron chi connectivity index (χ2n) is 5.33. The number of alkyl halides is 3. The van der Waals surface area contributed by atoms with Gasteiger partial charge in [0.2, 0.25) is 15.8 Å². The van der Waals surface area contributed by atoms with E-state index in [1.807, 2.05) is 17.5 Å². The maximum Gasteiger partial charge on any atom is 0.452 e. The van der Waals surface area contributed by atoms with Crippen molar-refractivity contribution in [3.8, 4) is 10.6 Å². The number of hydrogen-bond donors (Lipinski definition) is 1. The number of halogens is 3. The van der Waals surface area contributed by atoms with Gasteiger partial charge in [-0.25, -0.2) is 13.1 Å². The van der Waals surface area contributed by atoms with Gasteiger partial charge >= 0.3 is 6.18 Å². The highest BCUT2D eigenvalue weighted by Crippen LogP contribution is 2.36. The van der Waals surface area contributed by atoms with Gasteiger partial charge in [0.25, 0.3) is 0 Å². The molecule has 0 saturated heterocycles. The van der Waals surface area contributed by atoms with Gasteiger partial charge in [0.15, 0.2) is 0 Å². The van der Waals surface area contributed by atoms with Crippen molar-refractivity contribution in [3.05, 3.63) is 45.2 Å². The first kappa shape index (κ1) is 19.1. The van der Waals surface area contributed by atoms with E-state index in [-0.39, 0.29) is 17.1 Å². The smallest absolute Gasteiger partial charge is 0.351 e. The van der Waals surface area contributed by atoms with Crippen LogP contribution in [0.2, 0.25) is 0 Å². The van der Waals surface area contributed by atoms with Crippen molar-refractivity contribution in [1.29, 1.82) is 0 Å². The lowest BCUT2D eigenvalue weighted by atomic mass is 10.3. The van der Waals surface area contributed by atoms with Gasteiger partial charge in [-0.3, -0.25) is 0 Å². The molecular weight excluding hydrogens is 409 g/mol. The van der Waals surface area contributed by atoms with Gasteiger partial charge < -0.3 is 4.52 Å². The minimum absolute atomic E-state index is 0.0280. The van der Waals surface area contributed by atoms with E-state index in [2.05, 4.69) is 14.4 Å². The summed E-state index contributed by atoms with van der Waals surface area (Å²) >= 11 is 2.58. The average molecular weight is 422 g/mol. The summed E-state index contributed by atoms with van der Waals surface area (Å²) in [5.41, 5.74) is -0.0505. The van der Waals surface area contributed by atoms with E-state index in [4.69, 9.17) is 0 Å². The van der Waals surface area contributed by atoms with Gasteiger partial charge in [0, 0.05) is 22.4 Å². The van der Waals surface area contributed by atoms with Crippen LogP contribution in [-0.2, 0) is 22.6 Å². The monoisotopic (exact) mass is 422 g/mol. The van der Waals surface area contributed by atoms with E-state index in [0.717, 1.165) is 22.3 Å². The molecule has 0 aliphatic carbocycles. The Morgan fingerprint density at radius 2 is 2.08 bits per heavy atom. The number of rotatable bonds is 6. The second kappa shape index (κ2) is 7.14. The summed E-state index contributed by atoms with van der Waals surface area (Å²) in [5.74, 6) is -1.22. The molecule has 0 atom stereocenters. The Labute approximate surface area is 155 Å². The van der Waals surface area contributed by atoms with Gasteiger partial charge in [0.05, 0.1) is 9.77 Å². The zero-order valence-corrected chi connectivity index (χ0v) is 15.8. The van der Waals surface area contributed by atoms with Gasteiger partial charge in [-0.05, 0) is 30.9 Å². The van der Waals surface area contributed by atoms with E-state index in [9.17, 15) is 21.6 Å². The van der Waals surface area contributed by atoms with E-state index >= 15 is 0 Å². The molecule has 140 valence electrons. The predicted octanol–water partition coefficient (Wildman–Crippen LogP) is 4.31. The summed E-state index contributed by atoms with van der Waals surface area (Å²) in [5, 5.41) is 5.30. The number of nitrogens with one attached hydrogen (secondary N) is 1. The van der Waals surface area contributed by atoms with Crippen molar-refractivity contribution < 1.29 is 26.1 Å². The van der Waals surface area contributed by atoms with Crippen LogP contribution in [0.15, 0.2) is 39.1 Å². The largest absolute Gasteiger partial charge is 0.452 e. The molecule has 0 aliphatic heterocycles. The number of aryl methyl sites for hydroxylation is 1. The van der Waals surface area contributed by atoms with Crippen molar-refractivity contribution >= 4 is 32.7 Å². The first-order valence-electron chi connectivity index (χ1n) is 7.33. The van der Waals surface area contributed by atoms with Crippen LogP contribution >= 0.6 is 22.7 Å². The summed E-state index contributed by atoms with van der Waals surface area (Å²) in [4.78, 5) is 1.83. The van der Waals surface area contributed by atoms with Gasteiger partial charge in [-0.1, -0.05) is 11.2 Å². The number of thiophene rings is 2. The average Bonchev–Trinajstić information content (AvgIpc) is 3.25. The Bertz CT molecular complexity index is 989. The maximum atomic E-state index is 12.6. The minimum atomic E-state index is -4.64. The zero-order valence-electron chi connectivity index (χ0n) is 13.3.